The number of nitrogens with one attached hydrogen (secondary N) is 2. The van der Waals surface area contributed by atoms with Crippen LogP contribution < -0.4 is 10.6 Å². The lowest BCUT2D eigenvalue weighted by Gasteiger charge is -2.43. The molecule has 28 heavy (non-hydrogen) atoms. The molecule has 0 aromatic heterocycles. The molecule has 0 radical (unpaired) electrons. The smallest absolute Gasteiger partial charge is 0.353 e. The van der Waals surface area contributed by atoms with Gasteiger partial charge in [-0.3, -0.25) is 4.79 Å². The van der Waals surface area contributed by atoms with E-state index in [1.165, 1.54) is 17.0 Å². The number of piperazine rings is 1. The SMILES string of the molecule is C[C@@H]1C(=O)NCCN1C(=O)NC(c1ccc(F)c(Cl)c1)[C@H]1C[C@@H](C(F)(F)F)C1. The molecule has 1 saturated heterocycles. The molecule has 3 amide bonds. The van der Waals surface area contributed by atoms with E-state index < -0.39 is 41.9 Å². The summed E-state index contributed by atoms with van der Waals surface area (Å²) in [6.07, 6.45) is -4.57. The zero-order chi connectivity index (χ0) is 20.6. The van der Waals surface area contributed by atoms with Crippen molar-refractivity contribution in [3.63, 3.8) is 0 Å². The van der Waals surface area contributed by atoms with Crippen LogP contribution in [0.2, 0.25) is 5.02 Å². The number of nitrogens with zero attached hydrogens (tertiary/aromatic N) is 1. The van der Waals surface area contributed by atoms with Crippen molar-refractivity contribution in [2.75, 3.05) is 13.1 Å². The largest absolute Gasteiger partial charge is 0.391 e. The highest BCUT2D eigenvalue weighted by molar-refractivity contribution is 6.30. The molecule has 3 rings (SSSR count). The van der Waals surface area contributed by atoms with Gasteiger partial charge in [0.2, 0.25) is 5.91 Å². The highest BCUT2D eigenvalue weighted by atomic mass is 35.5. The predicted molar refractivity (Wildman–Crippen MR) is 94.1 cm³/mol. The van der Waals surface area contributed by atoms with Gasteiger partial charge < -0.3 is 15.5 Å². The zero-order valence-electron chi connectivity index (χ0n) is 15.0. The van der Waals surface area contributed by atoms with Gasteiger partial charge in [-0.05, 0) is 43.4 Å². The second-order valence-corrected chi connectivity index (χ2v) is 7.64. The molecule has 1 aliphatic heterocycles. The van der Waals surface area contributed by atoms with E-state index in [0.717, 1.165) is 6.07 Å². The average molecular weight is 422 g/mol. The molecule has 1 heterocycles. The first-order chi connectivity index (χ1) is 13.1. The van der Waals surface area contributed by atoms with E-state index >= 15 is 0 Å². The van der Waals surface area contributed by atoms with Crippen LogP contribution in [-0.2, 0) is 4.79 Å². The third kappa shape index (κ3) is 4.19. The lowest BCUT2D eigenvalue weighted by molar-refractivity contribution is -0.206. The molecule has 10 heteroatoms. The Bertz CT molecular complexity index is 768. The van der Waals surface area contributed by atoms with Crippen LogP contribution in [0.4, 0.5) is 22.4 Å². The van der Waals surface area contributed by atoms with Crippen LogP contribution in [0, 0.1) is 17.7 Å². The molecule has 2 atom stereocenters. The van der Waals surface area contributed by atoms with Gasteiger partial charge in [0.05, 0.1) is 17.0 Å². The van der Waals surface area contributed by atoms with Crippen molar-refractivity contribution < 1.29 is 27.2 Å². The highest BCUT2D eigenvalue weighted by Crippen LogP contribution is 2.49. The minimum atomic E-state index is -4.29. The lowest BCUT2D eigenvalue weighted by Crippen LogP contribution is -2.59. The summed E-state index contributed by atoms with van der Waals surface area (Å²) in [5.74, 6) is -2.85. The number of benzene rings is 1. The Morgan fingerprint density at radius 1 is 1.36 bits per heavy atom. The first-order valence-corrected chi connectivity index (χ1v) is 9.32. The molecular formula is C18H20ClF4N3O2. The summed E-state index contributed by atoms with van der Waals surface area (Å²) >= 11 is 5.82. The summed E-state index contributed by atoms with van der Waals surface area (Å²) in [5.41, 5.74) is 0.430. The fraction of sp³-hybridized carbons (Fsp3) is 0.556. The lowest BCUT2D eigenvalue weighted by atomic mass is 9.69. The van der Waals surface area contributed by atoms with Crippen LogP contribution >= 0.6 is 11.6 Å². The molecule has 2 N–H and O–H groups in total. The van der Waals surface area contributed by atoms with Crippen molar-refractivity contribution in [3.05, 3.63) is 34.6 Å². The number of carbonyl (C=O) groups is 2. The number of urea groups is 1. The number of alkyl halides is 3. The molecule has 154 valence electrons. The van der Waals surface area contributed by atoms with Crippen LogP contribution in [0.15, 0.2) is 18.2 Å². The Morgan fingerprint density at radius 3 is 2.64 bits per heavy atom. The van der Waals surface area contributed by atoms with Gasteiger partial charge in [-0.15, -0.1) is 0 Å². The second-order valence-electron chi connectivity index (χ2n) is 7.23. The quantitative estimate of drug-likeness (QED) is 0.732. The fourth-order valence-corrected chi connectivity index (χ4v) is 3.85. The standard InChI is InChI=1S/C18H20ClF4N3O2/c1-9-16(27)24-4-5-26(9)17(28)25-15(10-2-3-14(20)13(19)8-10)11-6-12(7-11)18(21,22)23/h2-3,8-9,11-12,15H,4-7H2,1H3,(H,24,27)(H,25,28)/t9-,11-,12+,15?/m1/s1. The molecule has 2 aliphatic rings. The maximum absolute atomic E-state index is 13.5. The first kappa shape index (κ1) is 20.7. The molecule has 1 aromatic carbocycles. The van der Waals surface area contributed by atoms with E-state index in [0.29, 0.717) is 12.1 Å². The molecule has 1 unspecified atom stereocenters. The van der Waals surface area contributed by atoms with Gasteiger partial charge >= 0.3 is 12.2 Å². The summed E-state index contributed by atoms with van der Waals surface area (Å²) in [6.45, 7) is 2.15. The van der Waals surface area contributed by atoms with Crippen LogP contribution in [0.1, 0.15) is 31.4 Å². The topological polar surface area (TPSA) is 61.4 Å². The van der Waals surface area contributed by atoms with Crippen molar-refractivity contribution in [1.29, 1.82) is 0 Å². The third-order valence-electron chi connectivity index (χ3n) is 5.45. The number of amides is 3. The van der Waals surface area contributed by atoms with E-state index in [4.69, 9.17) is 11.6 Å². The third-order valence-corrected chi connectivity index (χ3v) is 5.74. The van der Waals surface area contributed by atoms with Crippen LogP contribution in [0.3, 0.4) is 0 Å². The predicted octanol–water partition coefficient (Wildman–Crippen LogP) is 3.64. The molecule has 1 saturated carbocycles. The minimum Gasteiger partial charge on any atom is -0.353 e. The van der Waals surface area contributed by atoms with E-state index in [9.17, 15) is 27.2 Å². The molecule has 0 bridgehead atoms. The van der Waals surface area contributed by atoms with Crippen molar-refractivity contribution in [3.8, 4) is 0 Å². The van der Waals surface area contributed by atoms with Crippen LogP contribution in [-0.4, -0.2) is 42.1 Å². The van der Waals surface area contributed by atoms with E-state index in [-0.39, 0.29) is 30.3 Å². The summed E-state index contributed by atoms with van der Waals surface area (Å²) in [5, 5.41) is 5.20. The molecule has 1 aliphatic carbocycles. The van der Waals surface area contributed by atoms with E-state index in [1.807, 2.05) is 0 Å². The Morgan fingerprint density at radius 2 is 2.04 bits per heavy atom. The van der Waals surface area contributed by atoms with Crippen molar-refractivity contribution >= 4 is 23.5 Å². The monoisotopic (exact) mass is 421 g/mol. The van der Waals surface area contributed by atoms with E-state index in [2.05, 4.69) is 10.6 Å². The molecule has 5 nitrogen and oxygen atoms in total. The Hall–Kier alpha value is -2.03. The number of rotatable bonds is 3. The maximum atomic E-state index is 13.5. The Kier molecular flexibility index (Phi) is 5.74. The summed E-state index contributed by atoms with van der Waals surface area (Å²) in [7, 11) is 0. The Labute approximate surface area is 164 Å². The van der Waals surface area contributed by atoms with Crippen molar-refractivity contribution in [2.24, 2.45) is 11.8 Å². The van der Waals surface area contributed by atoms with Crippen molar-refractivity contribution in [2.45, 2.75) is 38.0 Å². The Balaban J connectivity index is 1.79. The summed E-state index contributed by atoms with van der Waals surface area (Å²) in [6, 6.07) is 1.82. The van der Waals surface area contributed by atoms with Crippen LogP contribution in [0.5, 0.6) is 0 Å². The minimum absolute atomic E-state index is 0.139. The van der Waals surface area contributed by atoms with Gasteiger partial charge in [0.1, 0.15) is 11.9 Å². The number of carbonyl (C=O) groups excluding carboxylic acids is 2. The van der Waals surface area contributed by atoms with Gasteiger partial charge in [-0.2, -0.15) is 13.2 Å². The number of hydrogen-bond acceptors (Lipinski definition) is 2. The summed E-state index contributed by atoms with van der Waals surface area (Å²) < 4.78 is 52.2. The highest BCUT2D eigenvalue weighted by Gasteiger charge is 2.50. The van der Waals surface area contributed by atoms with Gasteiger partial charge in [0.25, 0.3) is 0 Å². The van der Waals surface area contributed by atoms with Crippen LogP contribution in [0.25, 0.3) is 0 Å². The zero-order valence-corrected chi connectivity index (χ0v) is 15.8. The molecular weight excluding hydrogens is 402 g/mol. The molecule has 1 aromatic rings. The number of hydrogen-bond donors (Lipinski definition) is 2. The summed E-state index contributed by atoms with van der Waals surface area (Å²) in [4.78, 5) is 25.8. The molecule has 0 spiro atoms. The number of halogens is 5. The first-order valence-electron chi connectivity index (χ1n) is 8.94. The van der Waals surface area contributed by atoms with Gasteiger partial charge in [-0.25, -0.2) is 9.18 Å². The normalized spacial score (nSPS) is 26.3. The average Bonchev–Trinajstić information content (AvgIpc) is 2.56. The van der Waals surface area contributed by atoms with Crippen molar-refractivity contribution in [1.82, 2.24) is 15.5 Å². The molecule has 2 fully saturated rings. The second kappa shape index (κ2) is 7.77. The van der Waals surface area contributed by atoms with E-state index in [1.54, 1.807) is 6.92 Å². The fourth-order valence-electron chi connectivity index (χ4n) is 3.66. The van der Waals surface area contributed by atoms with Gasteiger partial charge in [0.15, 0.2) is 0 Å². The van der Waals surface area contributed by atoms with Gasteiger partial charge in [0, 0.05) is 13.1 Å². The maximum Gasteiger partial charge on any atom is 0.391 e. The van der Waals surface area contributed by atoms with Gasteiger partial charge in [-0.1, -0.05) is 17.7 Å².